The molecule has 6 nitrogen and oxygen atoms in total. The molecule has 1 N–H and O–H groups in total. The van der Waals surface area contributed by atoms with E-state index >= 15 is 0 Å². The van der Waals surface area contributed by atoms with Crippen molar-refractivity contribution in [2.75, 3.05) is 13.7 Å². The highest BCUT2D eigenvalue weighted by molar-refractivity contribution is 9.10. The predicted octanol–water partition coefficient (Wildman–Crippen LogP) is 6.17. The Hall–Kier alpha value is -3.32. The van der Waals surface area contributed by atoms with Gasteiger partial charge >= 0.3 is 0 Å². The second-order valence-corrected chi connectivity index (χ2v) is 10.1. The lowest BCUT2D eigenvalue weighted by molar-refractivity contribution is -0.123. The van der Waals surface area contributed by atoms with Gasteiger partial charge in [0.1, 0.15) is 12.4 Å². The minimum Gasteiger partial charge on any atom is -0.493 e. The van der Waals surface area contributed by atoms with Crippen LogP contribution >= 0.6 is 15.9 Å². The molecule has 3 rings (SSSR count). The third kappa shape index (κ3) is 7.86. The Labute approximate surface area is 215 Å². The lowest BCUT2D eigenvalue weighted by Gasteiger charge is -2.23. The number of halogens is 1. The third-order valence-corrected chi connectivity index (χ3v) is 5.71. The van der Waals surface area contributed by atoms with Crippen molar-refractivity contribution in [3.05, 3.63) is 87.4 Å². The fourth-order valence-corrected chi connectivity index (χ4v) is 3.66. The van der Waals surface area contributed by atoms with E-state index in [9.17, 15) is 4.79 Å². The number of hydrogen-bond donors (Lipinski definition) is 1. The first-order chi connectivity index (χ1) is 16.7. The van der Waals surface area contributed by atoms with Crippen molar-refractivity contribution in [2.45, 2.75) is 39.7 Å². The number of ether oxygens (including phenoxy) is 3. The van der Waals surface area contributed by atoms with Crippen LogP contribution in [0.1, 0.15) is 43.0 Å². The standard InChI is InChI=1S/C28H31BrN2O4/c1-19-6-8-20(9-7-19)17-34-25-12-10-21(14-26(25)33-5)16-30-31-27(32)18-35-24-13-11-22(29)15-23(24)28(2,3)4/h6-16H,17-18H2,1-5H3,(H,31,32)/b30-16+. The Morgan fingerprint density at radius 2 is 1.69 bits per heavy atom. The normalized spacial score (nSPS) is 11.4. The van der Waals surface area contributed by atoms with Gasteiger partial charge in [-0.15, -0.1) is 0 Å². The molecule has 0 aliphatic carbocycles. The van der Waals surface area contributed by atoms with Gasteiger partial charge in [-0.1, -0.05) is 66.5 Å². The average Bonchev–Trinajstić information content (AvgIpc) is 2.82. The molecule has 0 radical (unpaired) electrons. The molecule has 0 aliphatic rings. The van der Waals surface area contributed by atoms with Gasteiger partial charge in [0.2, 0.25) is 0 Å². The fraction of sp³-hybridized carbons (Fsp3) is 0.286. The van der Waals surface area contributed by atoms with Crippen LogP contribution in [0.25, 0.3) is 0 Å². The van der Waals surface area contributed by atoms with Crippen LogP contribution in [0.4, 0.5) is 0 Å². The van der Waals surface area contributed by atoms with E-state index in [4.69, 9.17) is 14.2 Å². The van der Waals surface area contributed by atoms with Crippen LogP contribution in [0.5, 0.6) is 17.2 Å². The number of aryl methyl sites for hydroxylation is 1. The van der Waals surface area contributed by atoms with E-state index in [2.05, 4.69) is 66.3 Å². The highest BCUT2D eigenvalue weighted by Crippen LogP contribution is 2.33. The predicted molar refractivity (Wildman–Crippen MR) is 143 cm³/mol. The third-order valence-electron chi connectivity index (χ3n) is 5.21. The van der Waals surface area contributed by atoms with Crippen LogP contribution in [-0.2, 0) is 16.8 Å². The molecule has 0 saturated carbocycles. The van der Waals surface area contributed by atoms with Crippen LogP contribution in [0.2, 0.25) is 0 Å². The number of hydrogen-bond acceptors (Lipinski definition) is 5. The van der Waals surface area contributed by atoms with Gasteiger partial charge in [0, 0.05) is 10.0 Å². The van der Waals surface area contributed by atoms with Crippen molar-refractivity contribution >= 4 is 28.1 Å². The summed E-state index contributed by atoms with van der Waals surface area (Å²) in [5.41, 5.74) is 6.43. The summed E-state index contributed by atoms with van der Waals surface area (Å²) in [4.78, 5) is 12.2. The van der Waals surface area contributed by atoms with Crippen molar-refractivity contribution in [3.63, 3.8) is 0 Å². The molecule has 0 bridgehead atoms. The quantitative estimate of drug-likeness (QED) is 0.261. The molecule has 35 heavy (non-hydrogen) atoms. The Bertz CT molecular complexity index is 1180. The maximum Gasteiger partial charge on any atom is 0.277 e. The maximum atomic E-state index is 12.2. The van der Waals surface area contributed by atoms with Gasteiger partial charge in [-0.05, 0) is 59.9 Å². The Morgan fingerprint density at radius 3 is 2.37 bits per heavy atom. The second kappa shape index (κ2) is 11.9. The minimum absolute atomic E-state index is 0.122. The number of benzene rings is 3. The number of methoxy groups -OCH3 is 1. The summed E-state index contributed by atoms with van der Waals surface area (Å²) in [6.45, 7) is 8.64. The Morgan fingerprint density at radius 1 is 0.971 bits per heavy atom. The molecule has 0 fully saturated rings. The van der Waals surface area contributed by atoms with Crippen molar-refractivity contribution in [1.82, 2.24) is 5.43 Å². The highest BCUT2D eigenvalue weighted by Gasteiger charge is 2.20. The summed E-state index contributed by atoms with van der Waals surface area (Å²) in [7, 11) is 1.59. The lowest BCUT2D eigenvalue weighted by Crippen LogP contribution is -2.25. The number of rotatable bonds is 9. The monoisotopic (exact) mass is 538 g/mol. The molecule has 0 aromatic heterocycles. The van der Waals surface area contributed by atoms with Crippen molar-refractivity contribution < 1.29 is 19.0 Å². The molecule has 0 heterocycles. The average molecular weight is 539 g/mol. The molecular weight excluding hydrogens is 508 g/mol. The van der Waals surface area contributed by atoms with E-state index < -0.39 is 0 Å². The van der Waals surface area contributed by atoms with Crippen molar-refractivity contribution in [1.29, 1.82) is 0 Å². The highest BCUT2D eigenvalue weighted by atomic mass is 79.9. The van der Waals surface area contributed by atoms with E-state index in [-0.39, 0.29) is 17.9 Å². The summed E-state index contributed by atoms with van der Waals surface area (Å²) in [6, 6.07) is 19.4. The van der Waals surface area contributed by atoms with E-state index in [1.165, 1.54) is 5.56 Å². The van der Waals surface area contributed by atoms with E-state index in [1.54, 1.807) is 19.4 Å². The van der Waals surface area contributed by atoms with Crippen molar-refractivity contribution in [2.24, 2.45) is 5.10 Å². The zero-order valence-corrected chi connectivity index (χ0v) is 22.3. The van der Waals surface area contributed by atoms with E-state index in [0.717, 1.165) is 21.2 Å². The van der Waals surface area contributed by atoms with E-state index in [1.807, 2.05) is 42.5 Å². The molecule has 0 atom stereocenters. The maximum absolute atomic E-state index is 12.2. The van der Waals surface area contributed by atoms with Gasteiger partial charge < -0.3 is 14.2 Å². The summed E-state index contributed by atoms with van der Waals surface area (Å²) in [5, 5.41) is 4.04. The number of nitrogens with one attached hydrogen (secondary N) is 1. The van der Waals surface area contributed by atoms with Gasteiger partial charge in [0.05, 0.1) is 13.3 Å². The molecule has 0 spiro atoms. The molecule has 0 saturated heterocycles. The molecular formula is C28H31BrN2O4. The van der Waals surface area contributed by atoms with Crippen molar-refractivity contribution in [3.8, 4) is 17.2 Å². The largest absolute Gasteiger partial charge is 0.493 e. The summed E-state index contributed by atoms with van der Waals surface area (Å²) in [6.07, 6.45) is 1.55. The Kier molecular flexibility index (Phi) is 8.93. The van der Waals surface area contributed by atoms with Gasteiger partial charge in [-0.3, -0.25) is 4.79 Å². The number of amides is 1. The number of carbonyl (C=O) groups excluding carboxylic acids is 1. The topological polar surface area (TPSA) is 69.2 Å². The van der Waals surface area contributed by atoms with Crippen LogP contribution < -0.4 is 19.6 Å². The molecule has 0 aliphatic heterocycles. The van der Waals surface area contributed by atoms with Crippen LogP contribution in [0.15, 0.2) is 70.2 Å². The minimum atomic E-state index is -0.353. The molecule has 3 aromatic rings. The van der Waals surface area contributed by atoms with Crippen LogP contribution in [-0.4, -0.2) is 25.8 Å². The Balaban J connectivity index is 1.55. The zero-order chi connectivity index (χ0) is 25.4. The van der Waals surface area contributed by atoms with E-state index in [0.29, 0.717) is 23.9 Å². The summed E-state index contributed by atoms with van der Waals surface area (Å²) >= 11 is 3.49. The summed E-state index contributed by atoms with van der Waals surface area (Å²) in [5.74, 6) is 1.53. The molecule has 7 heteroatoms. The van der Waals surface area contributed by atoms with Gasteiger partial charge in [0.25, 0.3) is 5.91 Å². The van der Waals surface area contributed by atoms with Gasteiger partial charge in [-0.2, -0.15) is 5.10 Å². The first-order valence-corrected chi connectivity index (χ1v) is 12.1. The van der Waals surface area contributed by atoms with Gasteiger partial charge in [-0.25, -0.2) is 5.43 Å². The van der Waals surface area contributed by atoms with Gasteiger partial charge in [0.15, 0.2) is 18.1 Å². The zero-order valence-electron chi connectivity index (χ0n) is 20.7. The van der Waals surface area contributed by atoms with Crippen LogP contribution in [0.3, 0.4) is 0 Å². The molecule has 0 unspecified atom stereocenters. The molecule has 1 amide bonds. The lowest BCUT2D eigenvalue weighted by atomic mass is 9.86. The molecule has 3 aromatic carbocycles. The first kappa shape index (κ1) is 26.3. The number of hydrazone groups is 1. The smallest absolute Gasteiger partial charge is 0.277 e. The first-order valence-electron chi connectivity index (χ1n) is 11.3. The fourth-order valence-electron chi connectivity index (χ4n) is 3.30. The van der Waals surface area contributed by atoms with Crippen LogP contribution in [0, 0.1) is 6.92 Å². The summed E-state index contributed by atoms with van der Waals surface area (Å²) < 4.78 is 18.1. The SMILES string of the molecule is COc1cc(/C=N/NC(=O)COc2ccc(Br)cc2C(C)(C)C)ccc1OCc1ccc(C)cc1. The molecule has 184 valence electrons. The second-order valence-electron chi connectivity index (χ2n) is 9.16. The number of carbonyl (C=O) groups is 1. The number of nitrogens with zero attached hydrogens (tertiary/aromatic N) is 1.